The Morgan fingerprint density at radius 1 is 0.525 bits per heavy atom. The van der Waals surface area contributed by atoms with E-state index in [1.54, 1.807) is 12.2 Å². The maximum absolute atomic E-state index is 12.9. The second kappa shape index (κ2) is 11.3. The van der Waals surface area contributed by atoms with Gasteiger partial charge in [0.25, 0.3) is 0 Å². The third-order valence-electron chi connectivity index (χ3n) is 6.13. The summed E-state index contributed by atoms with van der Waals surface area (Å²) in [6, 6.07) is 36.8. The molecule has 0 saturated heterocycles. The monoisotopic (exact) mass is 523 g/mol. The Bertz CT molecular complexity index is 1740. The van der Waals surface area contributed by atoms with Gasteiger partial charge in [-0.1, -0.05) is 78.9 Å². The summed E-state index contributed by atoms with van der Waals surface area (Å²) in [6.45, 7) is 0. The SMILES string of the molecule is O=C1C=c2ccccc2=CC1=NNc1c(Nc2ccccc2)nc(Nc2ccccc2)nc1Nc1ccccc1. The van der Waals surface area contributed by atoms with Gasteiger partial charge >= 0.3 is 0 Å². The first-order chi connectivity index (χ1) is 19.7. The molecule has 1 aliphatic rings. The van der Waals surface area contributed by atoms with Gasteiger partial charge in [0.15, 0.2) is 11.6 Å². The quantitative estimate of drug-likeness (QED) is 0.204. The lowest BCUT2D eigenvalue weighted by molar-refractivity contribution is -0.107. The zero-order valence-electron chi connectivity index (χ0n) is 21.4. The van der Waals surface area contributed by atoms with E-state index >= 15 is 0 Å². The molecule has 5 aromatic rings. The summed E-state index contributed by atoms with van der Waals surface area (Å²) in [5.74, 6) is 1.12. The molecule has 0 radical (unpaired) electrons. The number of hydrazone groups is 1. The summed E-state index contributed by atoms with van der Waals surface area (Å²) < 4.78 is 0. The van der Waals surface area contributed by atoms with Crippen LogP contribution in [0.1, 0.15) is 0 Å². The summed E-state index contributed by atoms with van der Waals surface area (Å²) >= 11 is 0. The highest BCUT2D eigenvalue weighted by atomic mass is 16.1. The Morgan fingerprint density at radius 2 is 0.975 bits per heavy atom. The lowest BCUT2D eigenvalue weighted by Crippen LogP contribution is -2.33. The average molecular weight is 524 g/mol. The number of carbonyl (C=O) groups is 1. The molecular weight excluding hydrogens is 498 g/mol. The van der Waals surface area contributed by atoms with Crippen LogP contribution in [0.4, 0.5) is 40.3 Å². The molecule has 0 unspecified atom stereocenters. The molecule has 8 nitrogen and oxygen atoms in total. The average Bonchev–Trinajstić information content (AvgIpc) is 2.98. The van der Waals surface area contributed by atoms with Gasteiger partial charge in [0, 0.05) is 17.1 Å². The van der Waals surface area contributed by atoms with Crippen LogP contribution < -0.4 is 31.8 Å². The molecule has 0 saturated carbocycles. The van der Waals surface area contributed by atoms with Crippen LogP contribution >= 0.6 is 0 Å². The van der Waals surface area contributed by atoms with Crippen molar-refractivity contribution in [2.45, 2.75) is 0 Å². The number of Topliss-reactive ketones (excluding diaryl/α,β-unsaturated/α-hetero) is 1. The molecule has 0 aliphatic heterocycles. The number of nitrogens with one attached hydrogen (secondary N) is 4. The van der Waals surface area contributed by atoms with Crippen LogP contribution in [-0.4, -0.2) is 21.5 Å². The zero-order chi connectivity index (χ0) is 27.1. The maximum Gasteiger partial charge on any atom is 0.231 e. The fourth-order valence-corrected chi connectivity index (χ4v) is 4.18. The Morgan fingerprint density at radius 3 is 1.50 bits per heavy atom. The van der Waals surface area contributed by atoms with E-state index in [-0.39, 0.29) is 11.5 Å². The van der Waals surface area contributed by atoms with Crippen molar-refractivity contribution in [1.29, 1.82) is 0 Å². The number of nitrogens with zero attached hydrogens (tertiary/aromatic N) is 3. The van der Waals surface area contributed by atoms with Crippen molar-refractivity contribution < 1.29 is 4.79 Å². The van der Waals surface area contributed by atoms with Crippen molar-refractivity contribution in [2.24, 2.45) is 5.10 Å². The number of para-hydroxylation sites is 3. The summed E-state index contributed by atoms with van der Waals surface area (Å²) in [5, 5.41) is 16.3. The second-order valence-corrected chi connectivity index (χ2v) is 8.98. The highest BCUT2D eigenvalue weighted by Crippen LogP contribution is 2.34. The minimum absolute atomic E-state index is 0.190. The molecule has 0 fully saturated rings. The molecule has 8 heteroatoms. The molecule has 0 atom stereocenters. The van der Waals surface area contributed by atoms with Crippen LogP contribution in [0.15, 0.2) is 120 Å². The van der Waals surface area contributed by atoms with Crippen molar-refractivity contribution in [2.75, 3.05) is 21.4 Å². The maximum atomic E-state index is 12.9. The predicted octanol–water partition coefficient (Wildman–Crippen LogP) is 5.32. The second-order valence-electron chi connectivity index (χ2n) is 8.98. The van der Waals surface area contributed by atoms with Gasteiger partial charge in [-0.05, 0) is 59.0 Å². The first kappa shape index (κ1) is 24.6. The van der Waals surface area contributed by atoms with E-state index in [2.05, 4.69) is 26.5 Å². The van der Waals surface area contributed by atoms with Gasteiger partial charge < -0.3 is 16.0 Å². The van der Waals surface area contributed by atoms with Crippen LogP contribution in [-0.2, 0) is 4.79 Å². The third-order valence-corrected chi connectivity index (χ3v) is 6.13. The number of hydrogen-bond donors (Lipinski definition) is 4. The Labute approximate surface area is 230 Å². The number of hydrogen-bond acceptors (Lipinski definition) is 8. The van der Waals surface area contributed by atoms with Gasteiger partial charge in [-0.3, -0.25) is 10.2 Å². The molecule has 1 heterocycles. The Kier molecular flexibility index (Phi) is 6.95. The van der Waals surface area contributed by atoms with Crippen molar-refractivity contribution >= 4 is 64.0 Å². The topological polar surface area (TPSA) is 103 Å². The van der Waals surface area contributed by atoms with Crippen molar-refractivity contribution in [3.63, 3.8) is 0 Å². The van der Waals surface area contributed by atoms with E-state index in [1.165, 1.54) is 0 Å². The van der Waals surface area contributed by atoms with Crippen LogP contribution in [0.2, 0.25) is 0 Å². The van der Waals surface area contributed by atoms with E-state index < -0.39 is 0 Å². The first-order valence-corrected chi connectivity index (χ1v) is 12.8. The van der Waals surface area contributed by atoms with Gasteiger partial charge in [0.05, 0.1) is 0 Å². The Balaban J connectivity index is 1.45. The van der Waals surface area contributed by atoms with E-state index in [1.807, 2.05) is 115 Å². The fraction of sp³-hybridized carbons (Fsp3) is 0. The van der Waals surface area contributed by atoms with E-state index in [0.717, 1.165) is 27.5 Å². The lowest BCUT2D eigenvalue weighted by atomic mass is 10.1. The van der Waals surface area contributed by atoms with Gasteiger partial charge in [0.2, 0.25) is 11.7 Å². The van der Waals surface area contributed by atoms with Crippen LogP contribution in [0.5, 0.6) is 0 Å². The molecular formula is C32H25N7O. The minimum Gasteiger partial charge on any atom is -0.338 e. The molecule has 0 amide bonds. The molecule has 0 bridgehead atoms. The van der Waals surface area contributed by atoms with Gasteiger partial charge in [-0.25, -0.2) is 0 Å². The van der Waals surface area contributed by atoms with Crippen molar-refractivity contribution in [1.82, 2.24) is 9.97 Å². The van der Waals surface area contributed by atoms with Gasteiger partial charge in [0.1, 0.15) is 11.4 Å². The van der Waals surface area contributed by atoms with Crippen molar-refractivity contribution in [3.8, 4) is 0 Å². The zero-order valence-corrected chi connectivity index (χ0v) is 21.4. The summed E-state index contributed by atoms with van der Waals surface area (Å²) in [4.78, 5) is 22.4. The molecule has 1 aliphatic carbocycles. The van der Waals surface area contributed by atoms with Gasteiger partial charge in [-0.15, -0.1) is 0 Å². The number of carbonyl (C=O) groups excluding carboxylic acids is 1. The largest absolute Gasteiger partial charge is 0.338 e. The number of ketones is 1. The first-order valence-electron chi connectivity index (χ1n) is 12.8. The van der Waals surface area contributed by atoms with E-state index in [0.29, 0.717) is 23.3 Å². The summed E-state index contributed by atoms with van der Waals surface area (Å²) in [5.41, 5.74) is 6.34. The minimum atomic E-state index is -0.190. The lowest BCUT2D eigenvalue weighted by Gasteiger charge is -2.18. The number of anilines is 7. The van der Waals surface area contributed by atoms with E-state index in [9.17, 15) is 4.79 Å². The highest BCUT2D eigenvalue weighted by Gasteiger charge is 2.18. The summed E-state index contributed by atoms with van der Waals surface area (Å²) in [6.07, 6.45) is 3.36. The molecule has 40 heavy (non-hydrogen) atoms. The van der Waals surface area contributed by atoms with Gasteiger partial charge in [-0.2, -0.15) is 15.1 Å². The molecule has 6 rings (SSSR count). The molecule has 1 aromatic heterocycles. The number of benzene rings is 4. The normalized spacial score (nSPS) is 13.0. The highest BCUT2D eigenvalue weighted by molar-refractivity contribution is 6.59. The summed E-state index contributed by atoms with van der Waals surface area (Å²) in [7, 11) is 0. The molecule has 0 spiro atoms. The number of aromatic nitrogens is 2. The van der Waals surface area contributed by atoms with Crippen LogP contribution in [0, 0.1) is 0 Å². The molecule has 194 valence electrons. The number of fused-ring (bicyclic) bond motifs is 1. The third kappa shape index (κ3) is 5.71. The molecule has 4 N–H and O–H groups in total. The standard InChI is InChI=1S/C32H25N7O/c40-28-21-23-13-11-10-12-22(23)20-27(28)38-39-29-30(33-24-14-4-1-5-15-24)36-32(35-26-18-8-3-9-19-26)37-31(29)34-25-16-6-2-7-17-25/h1-21,39H,(H3,33,34,35,36,37). The smallest absolute Gasteiger partial charge is 0.231 e. The van der Waals surface area contributed by atoms with E-state index in [4.69, 9.17) is 9.97 Å². The Hall–Kier alpha value is -5.76. The predicted molar refractivity (Wildman–Crippen MR) is 162 cm³/mol. The number of rotatable bonds is 8. The fourth-order valence-electron chi connectivity index (χ4n) is 4.18. The van der Waals surface area contributed by atoms with Crippen molar-refractivity contribution in [3.05, 3.63) is 126 Å². The van der Waals surface area contributed by atoms with Crippen LogP contribution in [0.25, 0.3) is 12.2 Å². The molecule has 4 aromatic carbocycles. The van der Waals surface area contributed by atoms with Crippen LogP contribution in [0.3, 0.4) is 0 Å².